The van der Waals surface area contributed by atoms with Crippen molar-refractivity contribution in [1.29, 1.82) is 0 Å². The maximum Gasteiger partial charge on any atom is 0.325 e. The van der Waals surface area contributed by atoms with Crippen LogP contribution in [0.1, 0.15) is 42.2 Å². The molecule has 0 saturated heterocycles. The zero-order valence-electron chi connectivity index (χ0n) is 11.6. The average molecular weight is 291 g/mol. The topological polar surface area (TPSA) is 40.5 Å². The summed E-state index contributed by atoms with van der Waals surface area (Å²) in [5.41, 5.74) is 1.05. The van der Waals surface area contributed by atoms with Crippen LogP contribution in [0.25, 0.3) is 0 Å². The number of carboxylic acids is 1. The van der Waals surface area contributed by atoms with Gasteiger partial charge in [0, 0.05) is 18.0 Å². The zero-order chi connectivity index (χ0) is 13.7. The molecule has 2 saturated carbocycles. The number of fused-ring (bicyclic) bond motifs is 3. The molecule has 2 bridgehead atoms. The van der Waals surface area contributed by atoms with E-state index in [1.165, 1.54) is 30.6 Å². The molecule has 4 rings (SSSR count). The second-order valence-corrected chi connectivity index (χ2v) is 7.72. The van der Waals surface area contributed by atoms with Gasteiger partial charge in [-0.3, -0.25) is 9.69 Å². The first kappa shape index (κ1) is 12.8. The number of nitrogens with zero attached hydrogens (tertiary/aromatic N) is 1. The molecule has 3 aliphatic rings. The molecule has 0 spiro atoms. The van der Waals surface area contributed by atoms with Crippen molar-refractivity contribution in [1.82, 2.24) is 4.90 Å². The molecule has 4 heteroatoms. The van der Waals surface area contributed by atoms with Crippen molar-refractivity contribution in [3.63, 3.8) is 0 Å². The Morgan fingerprint density at radius 3 is 3.00 bits per heavy atom. The highest BCUT2D eigenvalue weighted by atomic mass is 32.1. The third-order valence-corrected chi connectivity index (χ3v) is 6.65. The Bertz CT molecular complexity index is 526. The van der Waals surface area contributed by atoms with E-state index in [0.29, 0.717) is 0 Å². The minimum atomic E-state index is -0.674. The van der Waals surface area contributed by atoms with E-state index in [1.54, 1.807) is 11.3 Å². The highest BCUT2D eigenvalue weighted by Crippen LogP contribution is 2.49. The molecular weight excluding hydrogens is 270 g/mol. The van der Waals surface area contributed by atoms with Crippen LogP contribution >= 0.6 is 11.3 Å². The van der Waals surface area contributed by atoms with E-state index in [-0.39, 0.29) is 0 Å². The standard InChI is InChI=1S/C16H21NO2S/c18-16(19)15-13-4-6-20-14(13)3-5-17(15)9-12-8-10-1-2-11(12)7-10/h4,6,10-12,15H,1-3,5,7-9H2,(H,18,19). The lowest BCUT2D eigenvalue weighted by atomic mass is 9.87. The number of thiophene rings is 1. The Balaban J connectivity index is 1.54. The SMILES string of the molecule is O=C(O)C1c2ccsc2CCN1CC1CC2CCC1C2. The maximum absolute atomic E-state index is 11.7. The summed E-state index contributed by atoms with van der Waals surface area (Å²) in [5.74, 6) is 1.89. The first-order valence-corrected chi connectivity index (χ1v) is 8.63. The van der Waals surface area contributed by atoms with Gasteiger partial charge in [0.1, 0.15) is 6.04 Å². The van der Waals surface area contributed by atoms with Crippen molar-refractivity contribution < 1.29 is 9.90 Å². The maximum atomic E-state index is 11.7. The molecule has 1 aromatic heterocycles. The predicted octanol–water partition coefficient (Wildman–Crippen LogP) is 3.17. The molecule has 1 N–H and O–H groups in total. The zero-order valence-corrected chi connectivity index (χ0v) is 12.4. The number of carboxylic acid groups (broad SMARTS) is 1. The van der Waals surface area contributed by atoms with Crippen molar-refractivity contribution >= 4 is 17.3 Å². The van der Waals surface area contributed by atoms with E-state index in [1.807, 2.05) is 11.4 Å². The molecule has 2 heterocycles. The molecule has 2 fully saturated rings. The van der Waals surface area contributed by atoms with Crippen LogP contribution in [0.5, 0.6) is 0 Å². The van der Waals surface area contributed by atoms with E-state index in [9.17, 15) is 9.90 Å². The molecule has 20 heavy (non-hydrogen) atoms. The van der Waals surface area contributed by atoms with E-state index in [4.69, 9.17) is 0 Å². The van der Waals surface area contributed by atoms with Gasteiger partial charge >= 0.3 is 5.97 Å². The number of carbonyl (C=O) groups is 1. The summed E-state index contributed by atoms with van der Waals surface area (Å²) in [7, 11) is 0. The number of hydrogen-bond donors (Lipinski definition) is 1. The van der Waals surface area contributed by atoms with Crippen molar-refractivity contribution in [3.8, 4) is 0 Å². The highest BCUT2D eigenvalue weighted by Gasteiger charge is 2.42. The van der Waals surface area contributed by atoms with E-state index < -0.39 is 12.0 Å². The monoisotopic (exact) mass is 291 g/mol. The Kier molecular flexibility index (Phi) is 3.11. The summed E-state index contributed by atoms with van der Waals surface area (Å²) in [4.78, 5) is 15.2. The van der Waals surface area contributed by atoms with Crippen molar-refractivity contribution in [3.05, 3.63) is 21.9 Å². The summed E-state index contributed by atoms with van der Waals surface area (Å²) >= 11 is 1.71. The van der Waals surface area contributed by atoms with Gasteiger partial charge in [-0.05, 0) is 60.4 Å². The molecule has 0 radical (unpaired) electrons. The van der Waals surface area contributed by atoms with E-state index >= 15 is 0 Å². The fraction of sp³-hybridized carbons (Fsp3) is 0.688. The molecular formula is C16H21NO2S. The van der Waals surface area contributed by atoms with E-state index in [2.05, 4.69) is 4.90 Å². The van der Waals surface area contributed by atoms with Crippen LogP contribution in [-0.2, 0) is 11.2 Å². The van der Waals surface area contributed by atoms with Crippen molar-refractivity contribution in [2.75, 3.05) is 13.1 Å². The lowest BCUT2D eigenvalue weighted by Gasteiger charge is -2.36. The molecule has 4 atom stereocenters. The van der Waals surface area contributed by atoms with Gasteiger partial charge in [0.15, 0.2) is 0 Å². The van der Waals surface area contributed by atoms with Gasteiger partial charge in [0.2, 0.25) is 0 Å². The summed E-state index contributed by atoms with van der Waals surface area (Å²) in [6.07, 6.45) is 6.56. The first-order chi connectivity index (χ1) is 9.72. The normalized spacial score (nSPS) is 36.2. The Hall–Kier alpha value is -0.870. The quantitative estimate of drug-likeness (QED) is 0.930. The minimum absolute atomic E-state index is 0.399. The highest BCUT2D eigenvalue weighted by molar-refractivity contribution is 7.10. The smallest absolute Gasteiger partial charge is 0.325 e. The van der Waals surface area contributed by atoms with Crippen LogP contribution in [-0.4, -0.2) is 29.1 Å². The van der Waals surface area contributed by atoms with E-state index in [0.717, 1.165) is 42.8 Å². The first-order valence-electron chi connectivity index (χ1n) is 7.75. The summed E-state index contributed by atoms with van der Waals surface area (Å²) in [6, 6.07) is 1.62. The van der Waals surface area contributed by atoms with Crippen molar-refractivity contribution in [2.45, 2.75) is 38.1 Å². The molecule has 0 aromatic carbocycles. The number of hydrogen-bond acceptors (Lipinski definition) is 3. The second-order valence-electron chi connectivity index (χ2n) is 6.72. The third-order valence-electron chi connectivity index (χ3n) is 5.65. The fourth-order valence-corrected chi connectivity index (χ4v) is 5.66. The Labute approximate surface area is 123 Å². The average Bonchev–Trinajstić information content (AvgIpc) is 3.13. The molecule has 0 amide bonds. The fourth-order valence-electron chi connectivity index (χ4n) is 4.76. The van der Waals surface area contributed by atoms with Gasteiger partial charge in [0.05, 0.1) is 0 Å². The van der Waals surface area contributed by atoms with Crippen LogP contribution in [0, 0.1) is 17.8 Å². The van der Waals surface area contributed by atoms with Gasteiger partial charge in [-0.1, -0.05) is 6.42 Å². The van der Waals surface area contributed by atoms with Crippen LogP contribution < -0.4 is 0 Å². The second kappa shape index (κ2) is 4.85. The van der Waals surface area contributed by atoms with Gasteiger partial charge < -0.3 is 5.11 Å². The summed E-state index contributed by atoms with van der Waals surface area (Å²) in [5, 5.41) is 11.7. The molecule has 2 aliphatic carbocycles. The molecule has 1 aromatic rings. The number of aliphatic carboxylic acids is 1. The summed E-state index contributed by atoms with van der Waals surface area (Å²) in [6.45, 7) is 1.91. The lowest BCUT2D eigenvalue weighted by Crippen LogP contribution is -2.42. The minimum Gasteiger partial charge on any atom is -0.480 e. The van der Waals surface area contributed by atoms with Gasteiger partial charge in [-0.2, -0.15) is 0 Å². The molecule has 1 aliphatic heterocycles. The van der Waals surface area contributed by atoms with Gasteiger partial charge in [-0.25, -0.2) is 0 Å². The van der Waals surface area contributed by atoms with Crippen LogP contribution in [0.15, 0.2) is 11.4 Å². The predicted molar refractivity (Wildman–Crippen MR) is 78.9 cm³/mol. The molecule has 4 unspecified atom stereocenters. The molecule has 3 nitrogen and oxygen atoms in total. The van der Waals surface area contributed by atoms with Crippen LogP contribution in [0.3, 0.4) is 0 Å². The number of rotatable bonds is 3. The Morgan fingerprint density at radius 2 is 2.30 bits per heavy atom. The van der Waals surface area contributed by atoms with Gasteiger partial charge in [0.25, 0.3) is 0 Å². The third kappa shape index (κ3) is 2.01. The lowest BCUT2D eigenvalue weighted by molar-refractivity contribution is -0.144. The Morgan fingerprint density at radius 1 is 1.40 bits per heavy atom. The van der Waals surface area contributed by atoms with Crippen molar-refractivity contribution in [2.24, 2.45) is 17.8 Å². The molecule has 108 valence electrons. The summed E-state index contributed by atoms with van der Waals surface area (Å²) < 4.78 is 0. The largest absolute Gasteiger partial charge is 0.480 e. The van der Waals surface area contributed by atoms with Crippen LogP contribution in [0.2, 0.25) is 0 Å². The van der Waals surface area contributed by atoms with Gasteiger partial charge in [-0.15, -0.1) is 11.3 Å². The van der Waals surface area contributed by atoms with Crippen LogP contribution in [0.4, 0.5) is 0 Å².